The quantitative estimate of drug-likeness (QED) is 0.796. The molecule has 19 heavy (non-hydrogen) atoms. The average molecular weight is 328 g/mol. The Morgan fingerprint density at radius 1 is 1.47 bits per heavy atom. The normalized spacial score (nSPS) is 27.4. The Kier molecular flexibility index (Phi) is 4.87. The number of nitrogens with one attached hydrogen (secondary N) is 1. The number of halogens is 1. The van der Waals surface area contributed by atoms with Gasteiger partial charge >= 0.3 is 0 Å². The molecule has 1 aromatic rings. The van der Waals surface area contributed by atoms with Gasteiger partial charge in [0.2, 0.25) is 0 Å². The van der Waals surface area contributed by atoms with Gasteiger partial charge in [-0.05, 0) is 40.8 Å². The molecule has 1 saturated carbocycles. The maximum atomic E-state index is 10.5. The predicted molar refractivity (Wildman–Crippen MR) is 80.1 cm³/mol. The van der Waals surface area contributed by atoms with E-state index in [4.69, 9.17) is 0 Å². The predicted octanol–water partition coefficient (Wildman–Crippen LogP) is 3.19. The number of benzene rings is 1. The molecule has 0 aromatic heterocycles. The largest absolute Gasteiger partial charge is 0.506 e. The monoisotopic (exact) mass is 327 g/mol. The molecule has 0 saturated heterocycles. The van der Waals surface area contributed by atoms with Crippen LogP contribution in [0, 0.1) is 5.92 Å². The van der Waals surface area contributed by atoms with Crippen molar-refractivity contribution in [3.05, 3.63) is 28.2 Å². The van der Waals surface area contributed by atoms with Crippen LogP contribution < -0.4 is 5.32 Å². The molecule has 2 unspecified atom stereocenters. The van der Waals surface area contributed by atoms with Gasteiger partial charge in [-0.25, -0.2) is 0 Å². The second-order valence-corrected chi connectivity index (χ2v) is 6.63. The van der Waals surface area contributed by atoms with E-state index in [-0.39, 0.29) is 5.75 Å². The molecule has 0 amide bonds. The molecule has 0 spiro atoms. The van der Waals surface area contributed by atoms with Crippen LogP contribution >= 0.6 is 15.9 Å². The first-order chi connectivity index (χ1) is 9.00. The highest BCUT2D eigenvalue weighted by Crippen LogP contribution is 2.32. The Balaban J connectivity index is 1.87. The molecular weight excluding hydrogens is 306 g/mol. The second kappa shape index (κ2) is 6.25. The molecule has 1 aliphatic rings. The zero-order valence-corrected chi connectivity index (χ0v) is 12.9. The van der Waals surface area contributed by atoms with Gasteiger partial charge in [-0.3, -0.25) is 0 Å². The molecule has 2 rings (SSSR count). The number of phenolic OH excluding ortho intramolecular Hbond substituents is 1. The fraction of sp³-hybridized carbons (Fsp3) is 0.600. The van der Waals surface area contributed by atoms with E-state index in [1.54, 1.807) is 0 Å². The number of para-hydroxylation sites is 1. The number of aromatic hydroxyl groups is 1. The van der Waals surface area contributed by atoms with E-state index in [1.807, 2.05) is 18.2 Å². The van der Waals surface area contributed by atoms with E-state index >= 15 is 0 Å². The van der Waals surface area contributed by atoms with E-state index in [0.717, 1.165) is 24.8 Å². The minimum atomic E-state index is -0.584. The van der Waals surface area contributed by atoms with Crippen LogP contribution in [-0.2, 0) is 6.54 Å². The molecule has 0 aliphatic heterocycles. The zero-order valence-electron chi connectivity index (χ0n) is 11.3. The van der Waals surface area contributed by atoms with Gasteiger partial charge in [0.15, 0.2) is 0 Å². The number of hydrogen-bond donors (Lipinski definition) is 3. The minimum Gasteiger partial charge on any atom is -0.506 e. The van der Waals surface area contributed by atoms with Crippen LogP contribution in [-0.4, -0.2) is 22.4 Å². The van der Waals surface area contributed by atoms with Crippen LogP contribution in [0.2, 0.25) is 0 Å². The molecular formula is C15H22BrNO2. The van der Waals surface area contributed by atoms with E-state index < -0.39 is 5.60 Å². The van der Waals surface area contributed by atoms with Crippen molar-refractivity contribution in [2.45, 2.75) is 44.8 Å². The standard InChI is InChI=1S/C15H22BrNO2/c1-11-4-3-7-15(19,8-11)10-17-9-12-5-2-6-13(16)14(12)18/h2,5-6,11,17-19H,3-4,7-10H2,1H3. The van der Waals surface area contributed by atoms with E-state index in [2.05, 4.69) is 28.2 Å². The molecule has 2 atom stereocenters. The van der Waals surface area contributed by atoms with Gasteiger partial charge in [-0.2, -0.15) is 0 Å². The average Bonchev–Trinajstić information content (AvgIpc) is 2.34. The summed E-state index contributed by atoms with van der Waals surface area (Å²) < 4.78 is 0.705. The molecule has 3 nitrogen and oxygen atoms in total. The molecule has 0 radical (unpaired) electrons. The highest BCUT2D eigenvalue weighted by Gasteiger charge is 2.32. The maximum absolute atomic E-state index is 10.5. The first-order valence-electron chi connectivity index (χ1n) is 6.90. The topological polar surface area (TPSA) is 52.5 Å². The summed E-state index contributed by atoms with van der Waals surface area (Å²) in [4.78, 5) is 0. The first-order valence-corrected chi connectivity index (χ1v) is 7.69. The fourth-order valence-electron chi connectivity index (χ4n) is 2.93. The van der Waals surface area contributed by atoms with E-state index in [9.17, 15) is 10.2 Å². The van der Waals surface area contributed by atoms with Gasteiger partial charge in [0, 0.05) is 18.7 Å². The van der Waals surface area contributed by atoms with Crippen LogP contribution in [0.4, 0.5) is 0 Å². The smallest absolute Gasteiger partial charge is 0.134 e. The Hall–Kier alpha value is -0.580. The summed E-state index contributed by atoms with van der Waals surface area (Å²) in [7, 11) is 0. The van der Waals surface area contributed by atoms with Crippen molar-refractivity contribution in [3.63, 3.8) is 0 Å². The van der Waals surface area contributed by atoms with Crippen molar-refractivity contribution in [2.75, 3.05) is 6.54 Å². The van der Waals surface area contributed by atoms with Gasteiger partial charge in [0.1, 0.15) is 5.75 Å². The summed E-state index contributed by atoms with van der Waals surface area (Å²) >= 11 is 3.31. The molecule has 0 heterocycles. The van der Waals surface area contributed by atoms with Gasteiger partial charge < -0.3 is 15.5 Å². The number of phenols is 1. The van der Waals surface area contributed by atoms with Gasteiger partial charge in [-0.15, -0.1) is 0 Å². The summed E-state index contributed by atoms with van der Waals surface area (Å²) in [5, 5.41) is 23.7. The molecule has 0 bridgehead atoms. The second-order valence-electron chi connectivity index (χ2n) is 5.78. The molecule has 3 N–H and O–H groups in total. The van der Waals surface area contributed by atoms with Crippen LogP contribution in [0.25, 0.3) is 0 Å². The molecule has 1 fully saturated rings. The minimum absolute atomic E-state index is 0.277. The van der Waals surface area contributed by atoms with Crippen LogP contribution in [0.5, 0.6) is 5.75 Å². The lowest BCUT2D eigenvalue weighted by Crippen LogP contribution is -2.43. The van der Waals surface area contributed by atoms with E-state index in [1.165, 1.54) is 6.42 Å². The lowest BCUT2D eigenvalue weighted by Gasteiger charge is -2.35. The third-order valence-electron chi connectivity index (χ3n) is 3.91. The van der Waals surface area contributed by atoms with Crippen molar-refractivity contribution >= 4 is 15.9 Å². The third kappa shape index (κ3) is 3.94. The van der Waals surface area contributed by atoms with Crippen molar-refractivity contribution in [3.8, 4) is 5.75 Å². The van der Waals surface area contributed by atoms with Crippen molar-refractivity contribution in [1.82, 2.24) is 5.32 Å². The highest BCUT2D eigenvalue weighted by atomic mass is 79.9. The molecule has 1 aromatic carbocycles. The first kappa shape index (κ1) is 14.8. The maximum Gasteiger partial charge on any atom is 0.134 e. The summed E-state index contributed by atoms with van der Waals surface area (Å²) in [6.07, 6.45) is 4.05. The number of hydrogen-bond acceptors (Lipinski definition) is 3. The molecule has 106 valence electrons. The Labute approximate surface area is 123 Å². The lowest BCUT2D eigenvalue weighted by atomic mass is 9.79. The molecule has 4 heteroatoms. The van der Waals surface area contributed by atoms with Crippen molar-refractivity contribution < 1.29 is 10.2 Å². The summed E-state index contributed by atoms with van der Waals surface area (Å²) in [5.74, 6) is 0.874. The summed E-state index contributed by atoms with van der Waals surface area (Å²) in [6.45, 7) is 3.36. The highest BCUT2D eigenvalue weighted by molar-refractivity contribution is 9.10. The molecule has 1 aliphatic carbocycles. The van der Waals surface area contributed by atoms with Crippen LogP contribution in [0.15, 0.2) is 22.7 Å². The number of aliphatic hydroxyl groups is 1. The van der Waals surface area contributed by atoms with Crippen LogP contribution in [0.1, 0.15) is 38.2 Å². The van der Waals surface area contributed by atoms with Crippen molar-refractivity contribution in [1.29, 1.82) is 0 Å². The summed E-state index contributed by atoms with van der Waals surface area (Å²) in [6, 6.07) is 5.61. The van der Waals surface area contributed by atoms with E-state index in [0.29, 0.717) is 23.5 Å². The number of rotatable bonds is 4. The SMILES string of the molecule is CC1CCCC(O)(CNCc2cccc(Br)c2O)C1. The fourth-order valence-corrected chi connectivity index (χ4v) is 3.33. The van der Waals surface area contributed by atoms with Crippen molar-refractivity contribution in [2.24, 2.45) is 5.92 Å². The Morgan fingerprint density at radius 3 is 3.00 bits per heavy atom. The summed E-state index contributed by atoms with van der Waals surface area (Å²) in [5.41, 5.74) is 0.265. The van der Waals surface area contributed by atoms with Gasteiger partial charge in [-0.1, -0.05) is 31.9 Å². The zero-order chi connectivity index (χ0) is 13.9. The lowest BCUT2D eigenvalue weighted by molar-refractivity contribution is -0.0119. The Morgan fingerprint density at radius 2 is 2.26 bits per heavy atom. The van der Waals surface area contributed by atoms with Gasteiger partial charge in [0.05, 0.1) is 10.1 Å². The third-order valence-corrected chi connectivity index (χ3v) is 4.55. The van der Waals surface area contributed by atoms with Crippen LogP contribution in [0.3, 0.4) is 0 Å². The van der Waals surface area contributed by atoms with Gasteiger partial charge in [0.25, 0.3) is 0 Å². The Bertz CT molecular complexity index is 438.